The van der Waals surface area contributed by atoms with Gasteiger partial charge in [-0.25, -0.2) is 0 Å². The number of ether oxygens (including phenoxy) is 1. The summed E-state index contributed by atoms with van der Waals surface area (Å²) in [5, 5.41) is 3.74. The summed E-state index contributed by atoms with van der Waals surface area (Å²) in [5.74, 6) is 0. The minimum atomic E-state index is 0.393. The molecule has 1 aliphatic heterocycles. The third-order valence-electron chi connectivity index (χ3n) is 4.39. The molecule has 1 N–H and O–H groups in total. The summed E-state index contributed by atoms with van der Waals surface area (Å²) in [6.45, 7) is 8.68. The van der Waals surface area contributed by atoms with Gasteiger partial charge < -0.3 is 10.1 Å². The summed E-state index contributed by atoms with van der Waals surface area (Å²) in [7, 11) is 0. The largest absolute Gasteiger partial charge is 0.374 e. The molecular formula is C15H30N2O. The van der Waals surface area contributed by atoms with E-state index < -0.39 is 0 Å². The highest BCUT2D eigenvalue weighted by atomic mass is 16.5. The molecule has 2 rings (SSSR count). The van der Waals surface area contributed by atoms with Crippen LogP contribution in [0.4, 0.5) is 0 Å². The molecule has 0 aromatic heterocycles. The summed E-state index contributed by atoms with van der Waals surface area (Å²) in [4.78, 5) is 2.53. The zero-order valence-corrected chi connectivity index (χ0v) is 12.2. The first-order valence-corrected chi connectivity index (χ1v) is 7.84. The van der Waals surface area contributed by atoms with E-state index in [9.17, 15) is 0 Å². The van der Waals surface area contributed by atoms with Crippen LogP contribution in [0.5, 0.6) is 0 Å². The molecule has 0 bridgehead atoms. The lowest BCUT2D eigenvalue weighted by Crippen LogP contribution is -2.50. The number of rotatable bonds is 4. The van der Waals surface area contributed by atoms with Gasteiger partial charge in [0, 0.05) is 31.7 Å². The maximum absolute atomic E-state index is 5.88. The highest BCUT2D eigenvalue weighted by Crippen LogP contribution is 2.17. The molecule has 1 atom stereocenters. The van der Waals surface area contributed by atoms with Crippen LogP contribution in [0.3, 0.4) is 0 Å². The summed E-state index contributed by atoms with van der Waals surface area (Å²) in [6.07, 6.45) is 8.78. The van der Waals surface area contributed by atoms with E-state index in [4.69, 9.17) is 4.74 Å². The van der Waals surface area contributed by atoms with Gasteiger partial charge in [-0.3, -0.25) is 4.90 Å². The van der Waals surface area contributed by atoms with Crippen molar-refractivity contribution in [2.45, 2.75) is 70.6 Å². The van der Waals surface area contributed by atoms with Crippen LogP contribution in [0, 0.1) is 0 Å². The van der Waals surface area contributed by atoms with Crippen molar-refractivity contribution in [2.24, 2.45) is 0 Å². The Labute approximate surface area is 112 Å². The average molecular weight is 254 g/mol. The minimum absolute atomic E-state index is 0.393. The number of morpholine rings is 1. The van der Waals surface area contributed by atoms with E-state index in [0.29, 0.717) is 12.1 Å². The lowest BCUT2D eigenvalue weighted by Gasteiger charge is -2.36. The topological polar surface area (TPSA) is 24.5 Å². The predicted octanol–water partition coefficient (Wildman–Crippen LogP) is 2.41. The van der Waals surface area contributed by atoms with Crippen LogP contribution >= 0.6 is 0 Å². The molecule has 0 spiro atoms. The van der Waals surface area contributed by atoms with Gasteiger partial charge in [0.05, 0.1) is 12.7 Å². The van der Waals surface area contributed by atoms with Crippen LogP contribution in [0.15, 0.2) is 0 Å². The lowest BCUT2D eigenvalue weighted by atomic mass is 10.1. The van der Waals surface area contributed by atoms with Crippen molar-refractivity contribution in [3.63, 3.8) is 0 Å². The van der Waals surface area contributed by atoms with E-state index >= 15 is 0 Å². The Morgan fingerprint density at radius 1 is 1.17 bits per heavy atom. The Bertz CT molecular complexity index is 225. The summed E-state index contributed by atoms with van der Waals surface area (Å²) in [6, 6.07) is 1.39. The summed E-state index contributed by atoms with van der Waals surface area (Å²) < 4.78 is 5.88. The van der Waals surface area contributed by atoms with Gasteiger partial charge in [0.1, 0.15) is 0 Å². The molecule has 106 valence electrons. The van der Waals surface area contributed by atoms with Crippen LogP contribution in [-0.2, 0) is 4.74 Å². The van der Waals surface area contributed by atoms with Gasteiger partial charge in [-0.2, -0.15) is 0 Å². The van der Waals surface area contributed by atoms with Crippen LogP contribution < -0.4 is 5.32 Å². The highest BCUT2D eigenvalue weighted by molar-refractivity contribution is 4.78. The standard InChI is InChI=1S/C15H30N2O/c1-13(2)17-9-10-18-15(12-17)11-16-14-7-5-3-4-6-8-14/h13-16H,3-12H2,1-2H3. The van der Waals surface area contributed by atoms with Crippen LogP contribution in [-0.4, -0.2) is 49.3 Å². The van der Waals surface area contributed by atoms with Crippen molar-refractivity contribution in [1.82, 2.24) is 10.2 Å². The highest BCUT2D eigenvalue weighted by Gasteiger charge is 2.23. The number of hydrogen-bond donors (Lipinski definition) is 1. The SMILES string of the molecule is CC(C)N1CCOC(CNC2CCCCCC2)C1. The maximum atomic E-state index is 5.88. The van der Waals surface area contributed by atoms with Crippen molar-refractivity contribution in [2.75, 3.05) is 26.2 Å². The predicted molar refractivity (Wildman–Crippen MR) is 75.9 cm³/mol. The fourth-order valence-corrected chi connectivity index (χ4v) is 3.12. The molecule has 0 aromatic rings. The maximum Gasteiger partial charge on any atom is 0.0826 e. The van der Waals surface area contributed by atoms with Crippen molar-refractivity contribution in [3.8, 4) is 0 Å². The van der Waals surface area contributed by atoms with Gasteiger partial charge in [0.25, 0.3) is 0 Å². The van der Waals surface area contributed by atoms with Crippen LogP contribution in [0.1, 0.15) is 52.4 Å². The van der Waals surface area contributed by atoms with Gasteiger partial charge >= 0.3 is 0 Å². The van der Waals surface area contributed by atoms with Crippen LogP contribution in [0.25, 0.3) is 0 Å². The summed E-state index contributed by atoms with van der Waals surface area (Å²) >= 11 is 0. The molecule has 3 heteroatoms. The quantitative estimate of drug-likeness (QED) is 0.780. The second kappa shape index (κ2) is 7.46. The Hall–Kier alpha value is -0.120. The Morgan fingerprint density at radius 2 is 1.89 bits per heavy atom. The minimum Gasteiger partial charge on any atom is -0.374 e. The van der Waals surface area contributed by atoms with Gasteiger partial charge in [-0.05, 0) is 26.7 Å². The fraction of sp³-hybridized carbons (Fsp3) is 1.00. The van der Waals surface area contributed by atoms with Gasteiger partial charge in [0.2, 0.25) is 0 Å². The molecule has 1 saturated carbocycles. The van der Waals surface area contributed by atoms with Crippen molar-refractivity contribution >= 4 is 0 Å². The molecule has 1 saturated heterocycles. The first-order valence-electron chi connectivity index (χ1n) is 7.84. The number of nitrogens with zero attached hydrogens (tertiary/aromatic N) is 1. The first kappa shape index (κ1) is 14.3. The molecule has 2 aliphatic rings. The van der Waals surface area contributed by atoms with E-state index in [1.54, 1.807) is 0 Å². The summed E-state index contributed by atoms with van der Waals surface area (Å²) in [5.41, 5.74) is 0. The van der Waals surface area contributed by atoms with Gasteiger partial charge in [-0.1, -0.05) is 25.7 Å². The monoisotopic (exact) mass is 254 g/mol. The molecule has 1 aliphatic carbocycles. The number of hydrogen-bond acceptors (Lipinski definition) is 3. The average Bonchev–Trinajstić information content (AvgIpc) is 2.65. The van der Waals surface area contributed by atoms with Gasteiger partial charge in [-0.15, -0.1) is 0 Å². The van der Waals surface area contributed by atoms with Crippen LogP contribution in [0.2, 0.25) is 0 Å². The van der Waals surface area contributed by atoms with Gasteiger partial charge in [0.15, 0.2) is 0 Å². The molecule has 18 heavy (non-hydrogen) atoms. The third-order valence-corrected chi connectivity index (χ3v) is 4.39. The molecule has 0 radical (unpaired) electrons. The Balaban J connectivity index is 1.68. The Kier molecular flexibility index (Phi) is 5.93. The van der Waals surface area contributed by atoms with E-state index in [1.807, 2.05) is 0 Å². The van der Waals surface area contributed by atoms with E-state index in [0.717, 1.165) is 32.3 Å². The zero-order valence-electron chi connectivity index (χ0n) is 12.2. The van der Waals surface area contributed by atoms with Crippen molar-refractivity contribution in [1.29, 1.82) is 0 Å². The van der Waals surface area contributed by atoms with E-state index in [1.165, 1.54) is 38.5 Å². The molecule has 2 fully saturated rings. The molecular weight excluding hydrogens is 224 g/mol. The molecule has 0 aromatic carbocycles. The molecule has 1 unspecified atom stereocenters. The lowest BCUT2D eigenvalue weighted by molar-refractivity contribution is -0.0382. The second-order valence-electron chi connectivity index (χ2n) is 6.18. The zero-order chi connectivity index (χ0) is 12.8. The molecule has 1 heterocycles. The number of nitrogens with one attached hydrogen (secondary N) is 1. The van der Waals surface area contributed by atoms with E-state index in [2.05, 4.69) is 24.1 Å². The second-order valence-corrected chi connectivity index (χ2v) is 6.18. The molecule has 0 amide bonds. The van der Waals surface area contributed by atoms with Crippen molar-refractivity contribution < 1.29 is 4.74 Å². The smallest absolute Gasteiger partial charge is 0.0826 e. The normalized spacial score (nSPS) is 28.5. The van der Waals surface area contributed by atoms with Crippen molar-refractivity contribution in [3.05, 3.63) is 0 Å². The first-order chi connectivity index (χ1) is 8.75. The molecule has 3 nitrogen and oxygen atoms in total. The Morgan fingerprint density at radius 3 is 2.56 bits per heavy atom. The third kappa shape index (κ3) is 4.52. The van der Waals surface area contributed by atoms with E-state index in [-0.39, 0.29) is 0 Å². The fourth-order valence-electron chi connectivity index (χ4n) is 3.12.